The van der Waals surface area contributed by atoms with Crippen LogP contribution in [0.3, 0.4) is 0 Å². The van der Waals surface area contributed by atoms with E-state index in [9.17, 15) is 0 Å². The molecule has 0 aromatic rings. The van der Waals surface area contributed by atoms with Crippen LogP contribution in [-0.2, 0) is 9.47 Å². The van der Waals surface area contributed by atoms with Gasteiger partial charge in [-0.3, -0.25) is 0 Å². The molecule has 2 atom stereocenters. The topological polar surface area (TPSA) is 25.1 Å². The minimum absolute atomic E-state index is 0.130. The molecule has 0 aromatic heterocycles. The van der Waals surface area contributed by atoms with Gasteiger partial charge in [0.25, 0.3) is 0 Å². The summed E-state index contributed by atoms with van der Waals surface area (Å²) in [6.07, 6.45) is 22.3. The zero-order valence-electron chi connectivity index (χ0n) is 22.4. The molecule has 2 unspecified atom stereocenters. The highest BCUT2D eigenvalue weighted by Gasteiger charge is 2.47. The van der Waals surface area contributed by atoms with Crippen LogP contribution in [0.25, 0.3) is 0 Å². The Labute approximate surface area is 199 Å². The number of epoxide rings is 2. The largest absolute Gasteiger partial charge is 0.367 e. The molecule has 2 heteroatoms. The van der Waals surface area contributed by atoms with Crippen LogP contribution in [0.1, 0.15) is 120 Å². The van der Waals surface area contributed by atoms with Gasteiger partial charge in [-0.25, -0.2) is 0 Å². The van der Waals surface area contributed by atoms with E-state index in [0.717, 1.165) is 25.7 Å². The smallest absolute Gasteiger partial charge is 0.0892 e. The number of rotatable bonds is 15. The van der Waals surface area contributed by atoms with Crippen LogP contribution in [-0.4, -0.2) is 23.4 Å². The van der Waals surface area contributed by atoms with Gasteiger partial charge in [0.1, 0.15) is 0 Å². The van der Waals surface area contributed by atoms with Crippen LogP contribution in [0.4, 0.5) is 0 Å². The summed E-state index contributed by atoms with van der Waals surface area (Å²) in [4.78, 5) is 0. The summed E-state index contributed by atoms with van der Waals surface area (Å²) in [5, 5.41) is 0. The van der Waals surface area contributed by atoms with E-state index in [0.29, 0.717) is 12.2 Å². The molecule has 0 aromatic carbocycles. The summed E-state index contributed by atoms with van der Waals surface area (Å²) in [5.41, 5.74) is 6.32. The zero-order valence-corrected chi connectivity index (χ0v) is 22.4. The molecule has 32 heavy (non-hydrogen) atoms. The van der Waals surface area contributed by atoms with Crippen LogP contribution in [0, 0.1) is 0 Å². The summed E-state index contributed by atoms with van der Waals surface area (Å²) >= 11 is 0. The quantitative estimate of drug-likeness (QED) is 0.143. The standard InChI is InChI=1S/C30H50O2/c1-23(15-11-17-25(3)19-21-27-29(5,6)31-27)13-9-10-14-24(2)16-12-18-26(4)20-22-28-30(7,8)32-28/h13-14,17-18,27-28H,9-12,15-16,19-22H2,1-8H3. The zero-order chi connectivity index (χ0) is 23.8. The van der Waals surface area contributed by atoms with Crippen molar-refractivity contribution in [3.8, 4) is 0 Å². The second-order valence-corrected chi connectivity index (χ2v) is 11.4. The van der Waals surface area contributed by atoms with Gasteiger partial charge in [0, 0.05) is 0 Å². The maximum atomic E-state index is 5.68. The number of hydrogen-bond acceptors (Lipinski definition) is 2. The van der Waals surface area contributed by atoms with E-state index < -0.39 is 0 Å². The van der Waals surface area contributed by atoms with Crippen molar-refractivity contribution in [1.82, 2.24) is 0 Å². The Morgan fingerprint density at radius 3 is 1.12 bits per heavy atom. The van der Waals surface area contributed by atoms with Gasteiger partial charge in [0.15, 0.2) is 0 Å². The van der Waals surface area contributed by atoms with E-state index in [1.54, 1.807) is 0 Å². The van der Waals surface area contributed by atoms with Gasteiger partial charge < -0.3 is 9.47 Å². The van der Waals surface area contributed by atoms with Crippen LogP contribution in [0.2, 0.25) is 0 Å². The van der Waals surface area contributed by atoms with Gasteiger partial charge in [-0.1, -0.05) is 46.6 Å². The fourth-order valence-corrected chi connectivity index (χ4v) is 4.36. The van der Waals surface area contributed by atoms with Crippen molar-refractivity contribution in [2.75, 3.05) is 0 Å². The van der Waals surface area contributed by atoms with E-state index in [2.05, 4.69) is 79.7 Å². The number of ether oxygens (including phenoxy) is 2. The second kappa shape index (κ2) is 12.4. The summed E-state index contributed by atoms with van der Waals surface area (Å²) in [6, 6.07) is 0. The Hall–Kier alpha value is -1.12. The molecule has 2 saturated heterocycles. The molecule has 0 saturated carbocycles. The normalized spacial score (nSPS) is 25.2. The van der Waals surface area contributed by atoms with E-state index in [1.807, 2.05) is 0 Å². The highest BCUT2D eigenvalue weighted by molar-refractivity contribution is 5.08. The van der Waals surface area contributed by atoms with Crippen molar-refractivity contribution in [2.24, 2.45) is 0 Å². The van der Waals surface area contributed by atoms with Gasteiger partial charge in [-0.2, -0.15) is 0 Å². The fraction of sp³-hybridized carbons (Fsp3) is 0.733. The SMILES string of the molecule is CC(=CCCC=C(C)CCC=C(C)CCC1OC1(C)C)CCC=C(C)CCC1OC1(C)C. The lowest BCUT2D eigenvalue weighted by Crippen LogP contribution is -2.02. The third-order valence-electron chi connectivity index (χ3n) is 7.15. The van der Waals surface area contributed by atoms with Crippen LogP contribution in [0.5, 0.6) is 0 Å². The molecular formula is C30H50O2. The maximum absolute atomic E-state index is 5.68. The number of unbranched alkanes of at least 4 members (excludes halogenated alkanes) is 1. The molecule has 2 aliphatic heterocycles. The van der Waals surface area contributed by atoms with E-state index in [4.69, 9.17) is 9.47 Å². The lowest BCUT2D eigenvalue weighted by molar-refractivity contribution is 0.319. The molecule has 0 bridgehead atoms. The highest BCUT2D eigenvalue weighted by Crippen LogP contribution is 2.39. The number of hydrogen-bond donors (Lipinski definition) is 0. The molecule has 182 valence electrons. The molecule has 0 spiro atoms. The molecular weight excluding hydrogens is 392 g/mol. The van der Waals surface area contributed by atoms with Gasteiger partial charge in [-0.05, 0) is 120 Å². The Balaban J connectivity index is 1.52. The van der Waals surface area contributed by atoms with Crippen molar-refractivity contribution in [2.45, 2.75) is 143 Å². The molecule has 2 heterocycles. The Kier molecular flexibility index (Phi) is 10.5. The second-order valence-electron chi connectivity index (χ2n) is 11.4. The van der Waals surface area contributed by atoms with E-state index >= 15 is 0 Å². The van der Waals surface area contributed by atoms with Crippen LogP contribution < -0.4 is 0 Å². The lowest BCUT2D eigenvalue weighted by Gasteiger charge is -2.03. The predicted molar refractivity (Wildman–Crippen MR) is 139 cm³/mol. The predicted octanol–water partition coefficient (Wildman–Crippen LogP) is 9.03. The third kappa shape index (κ3) is 10.7. The monoisotopic (exact) mass is 442 g/mol. The summed E-state index contributed by atoms with van der Waals surface area (Å²) in [7, 11) is 0. The molecule has 2 nitrogen and oxygen atoms in total. The fourth-order valence-electron chi connectivity index (χ4n) is 4.36. The summed E-state index contributed by atoms with van der Waals surface area (Å²) < 4.78 is 11.4. The molecule has 0 radical (unpaired) electrons. The molecule has 0 amide bonds. The first-order valence-corrected chi connectivity index (χ1v) is 13.0. The highest BCUT2D eigenvalue weighted by atomic mass is 16.6. The van der Waals surface area contributed by atoms with Gasteiger partial charge in [0.2, 0.25) is 0 Å². The first kappa shape index (κ1) is 27.1. The summed E-state index contributed by atoms with van der Waals surface area (Å²) in [5.74, 6) is 0. The first-order valence-electron chi connectivity index (χ1n) is 13.0. The van der Waals surface area contributed by atoms with Gasteiger partial charge in [0.05, 0.1) is 23.4 Å². The Bertz CT molecular complexity index is 655. The average molecular weight is 443 g/mol. The number of allylic oxidation sites excluding steroid dienone is 8. The van der Waals surface area contributed by atoms with Crippen LogP contribution in [0.15, 0.2) is 46.6 Å². The minimum Gasteiger partial charge on any atom is -0.367 e. The van der Waals surface area contributed by atoms with E-state index in [1.165, 1.54) is 60.8 Å². The van der Waals surface area contributed by atoms with E-state index in [-0.39, 0.29) is 11.2 Å². The lowest BCUT2D eigenvalue weighted by atomic mass is 10.0. The molecule has 2 fully saturated rings. The van der Waals surface area contributed by atoms with Crippen LogP contribution >= 0.6 is 0 Å². The Morgan fingerprint density at radius 2 is 0.812 bits per heavy atom. The maximum Gasteiger partial charge on any atom is 0.0892 e. The van der Waals surface area contributed by atoms with Crippen molar-refractivity contribution >= 4 is 0 Å². The molecule has 2 rings (SSSR count). The van der Waals surface area contributed by atoms with Crippen molar-refractivity contribution in [1.29, 1.82) is 0 Å². The first-order chi connectivity index (χ1) is 15.0. The molecule has 0 N–H and O–H groups in total. The molecule has 2 aliphatic rings. The van der Waals surface area contributed by atoms with Gasteiger partial charge in [-0.15, -0.1) is 0 Å². The Morgan fingerprint density at radius 1 is 0.531 bits per heavy atom. The average Bonchev–Trinajstić information content (AvgIpc) is 3.54. The minimum atomic E-state index is 0.130. The van der Waals surface area contributed by atoms with Crippen molar-refractivity contribution in [3.63, 3.8) is 0 Å². The van der Waals surface area contributed by atoms with Crippen molar-refractivity contribution in [3.05, 3.63) is 46.6 Å². The summed E-state index contributed by atoms with van der Waals surface area (Å²) in [6.45, 7) is 17.8. The molecule has 0 aliphatic carbocycles. The third-order valence-corrected chi connectivity index (χ3v) is 7.15. The van der Waals surface area contributed by atoms with Crippen molar-refractivity contribution < 1.29 is 9.47 Å². The van der Waals surface area contributed by atoms with Gasteiger partial charge >= 0.3 is 0 Å².